The second-order valence-corrected chi connectivity index (χ2v) is 12.1. The minimum atomic E-state index is -4.26. The summed E-state index contributed by atoms with van der Waals surface area (Å²) < 4.78 is 30.8. The fourth-order valence-electron chi connectivity index (χ4n) is 5.32. The van der Waals surface area contributed by atoms with Gasteiger partial charge in [-0.3, -0.25) is 4.79 Å². The van der Waals surface area contributed by atoms with Crippen LogP contribution in [0, 0.1) is 0 Å². The molecule has 1 saturated carbocycles. The predicted octanol–water partition coefficient (Wildman–Crippen LogP) is 3.92. The van der Waals surface area contributed by atoms with E-state index in [1.54, 1.807) is 42.5 Å². The molecule has 1 heterocycles. The number of carboxylic acid groups (broad SMARTS) is 2. The van der Waals surface area contributed by atoms with Gasteiger partial charge in [0.1, 0.15) is 5.54 Å². The molecule has 0 radical (unpaired) electrons. The van der Waals surface area contributed by atoms with E-state index in [0.717, 1.165) is 15.6 Å². The highest BCUT2D eigenvalue weighted by atomic mass is 35.5. The average Bonchev–Trinajstić information content (AvgIpc) is 3.70. The maximum Gasteiger partial charge on any atom is 0.335 e. The summed E-state index contributed by atoms with van der Waals surface area (Å²) in [6.45, 7) is 0.915. The van der Waals surface area contributed by atoms with Gasteiger partial charge in [-0.05, 0) is 53.9 Å². The fourth-order valence-corrected chi connectivity index (χ4v) is 7.35. The van der Waals surface area contributed by atoms with Crippen LogP contribution in [-0.2, 0) is 21.5 Å². The zero-order valence-corrected chi connectivity index (χ0v) is 22.6. The monoisotopic (exact) mass is 569 g/mol. The summed E-state index contributed by atoms with van der Waals surface area (Å²) in [7, 11) is -4.26. The first-order valence-corrected chi connectivity index (χ1v) is 14.3. The Bertz CT molecular complexity index is 1480. The lowest BCUT2D eigenvalue weighted by Crippen LogP contribution is -2.57. The number of aliphatic carboxylic acids is 1. The van der Waals surface area contributed by atoms with E-state index in [0.29, 0.717) is 23.7 Å². The molecule has 9 nitrogen and oxygen atoms in total. The van der Waals surface area contributed by atoms with E-state index in [9.17, 15) is 28.2 Å². The number of hydrogen-bond donors (Lipinski definition) is 2. The molecule has 3 aromatic rings. The van der Waals surface area contributed by atoms with Crippen LogP contribution in [0.5, 0.6) is 0 Å². The molecule has 2 N–H and O–H groups in total. The van der Waals surface area contributed by atoms with E-state index in [-0.39, 0.29) is 31.6 Å². The van der Waals surface area contributed by atoms with Crippen molar-refractivity contribution in [1.29, 1.82) is 0 Å². The number of rotatable bonds is 9. The van der Waals surface area contributed by atoms with Gasteiger partial charge in [-0.2, -0.15) is 17.0 Å². The first kappa shape index (κ1) is 27.1. The van der Waals surface area contributed by atoms with Crippen LogP contribution in [-0.4, -0.2) is 70.9 Å². The zero-order valence-electron chi connectivity index (χ0n) is 21.0. The maximum atomic E-state index is 14.2. The number of piperazine rings is 1. The highest BCUT2D eigenvalue weighted by Crippen LogP contribution is 2.57. The number of benzene rings is 3. The first-order valence-electron chi connectivity index (χ1n) is 12.5. The second kappa shape index (κ2) is 10.6. The van der Waals surface area contributed by atoms with Gasteiger partial charge in [-0.15, -0.1) is 0 Å². The normalized spacial score (nSPS) is 21.6. The standard InChI is InChI=1S/C28H28ClN3O6S/c29-23-9-11-24(12-10-23)30-13-15-31(16-14-30)39(37,38)32(19-20-5-4-8-22(17-20)26(33)34)28(27(35)36)18-25(28)21-6-2-1-3-7-21/h1-12,17,25H,13-16,18-19H2,(H,33,34)(H,35,36). The van der Waals surface area contributed by atoms with Gasteiger partial charge >= 0.3 is 11.9 Å². The van der Waals surface area contributed by atoms with Gasteiger partial charge in [0.2, 0.25) is 0 Å². The molecule has 2 unspecified atom stereocenters. The summed E-state index contributed by atoms with van der Waals surface area (Å²) in [6.07, 6.45) is 0.120. The van der Waals surface area contributed by atoms with Crippen molar-refractivity contribution >= 4 is 39.4 Å². The van der Waals surface area contributed by atoms with Crippen LogP contribution in [0.15, 0.2) is 78.9 Å². The smallest absolute Gasteiger partial charge is 0.335 e. The Kier molecular flexibility index (Phi) is 7.39. The second-order valence-electron chi connectivity index (χ2n) is 9.78. The molecule has 2 atom stereocenters. The van der Waals surface area contributed by atoms with Crippen LogP contribution < -0.4 is 4.90 Å². The van der Waals surface area contributed by atoms with Crippen LogP contribution in [0.3, 0.4) is 0 Å². The Balaban J connectivity index is 1.47. The lowest BCUT2D eigenvalue weighted by molar-refractivity contribution is -0.143. The van der Waals surface area contributed by atoms with Crippen molar-refractivity contribution in [1.82, 2.24) is 8.61 Å². The molecule has 11 heteroatoms. The minimum absolute atomic E-state index is 0.00112. The van der Waals surface area contributed by atoms with Crippen molar-refractivity contribution in [3.63, 3.8) is 0 Å². The summed E-state index contributed by atoms with van der Waals surface area (Å²) in [5, 5.41) is 20.5. The molecule has 3 aromatic carbocycles. The third kappa shape index (κ3) is 5.25. The minimum Gasteiger partial charge on any atom is -0.480 e. The summed E-state index contributed by atoms with van der Waals surface area (Å²) in [6, 6.07) is 22.3. The number of nitrogens with zero attached hydrogens (tertiary/aromatic N) is 3. The maximum absolute atomic E-state index is 14.2. The van der Waals surface area contributed by atoms with Crippen molar-refractivity contribution in [2.24, 2.45) is 0 Å². The quantitative estimate of drug-likeness (QED) is 0.401. The Labute approximate surface area is 232 Å². The number of halogens is 1. The molecular formula is C28H28ClN3O6S. The third-order valence-electron chi connectivity index (χ3n) is 7.48. The number of carboxylic acids is 2. The Morgan fingerprint density at radius 3 is 2.21 bits per heavy atom. The molecule has 0 amide bonds. The Morgan fingerprint density at radius 1 is 0.923 bits per heavy atom. The summed E-state index contributed by atoms with van der Waals surface area (Å²) in [4.78, 5) is 26.4. The Morgan fingerprint density at radius 2 is 1.59 bits per heavy atom. The largest absolute Gasteiger partial charge is 0.480 e. The highest BCUT2D eigenvalue weighted by Gasteiger charge is 2.68. The van der Waals surface area contributed by atoms with Crippen LogP contribution in [0.1, 0.15) is 33.8 Å². The molecule has 1 aliphatic heterocycles. The SMILES string of the molecule is O=C(O)c1cccc(CN(C2(C(=O)O)CC2c2ccccc2)S(=O)(=O)N2CCN(c3ccc(Cl)cc3)CC2)c1. The van der Waals surface area contributed by atoms with Gasteiger partial charge in [-0.1, -0.05) is 54.1 Å². The average molecular weight is 570 g/mol. The van der Waals surface area contributed by atoms with Crippen molar-refractivity contribution in [2.75, 3.05) is 31.1 Å². The van der Waals surface area contributed by atoms with E-state index in [1.807, 2.05) is 18.2 Å². The molecule has 39 heavy (non-hydrogen) atoms. The van der Waals surface area contributed by atoms with Crippen LogP contribution in [0.2, 0.25) is 5.02 Å². The summed E-state index contributed by atoms with van der Waals surface area (Å²) >= 11 is 6.00. The molecule has 1 saturated heterocycles. The molecule has 2 aliphatic rings. The first-order chi connectivity index (χ1) is 18.6. The van der Waals surface area contributed by atoms with Crippen molar-refractivity contribution in [3.8, 4) is 0 Å². The fraction of sp³-hybridized carbons (Fsp3) is 0.286. The van der Waals surface area contributed by atoms with Crippen molar-refractivity contribution in [2.45, 2.75) is 24.4 Å². The van der Waals surface area contributed by atoms with E-state index >= 15 is 0 Å². The van der Waals surface area contributed by atoms with Gasteiger partial charge in [0.25, 0.3) is 10.2 Å². The molecule has 1 aliphatic carbocycles. The van der Waals surface area contributed by atoms with Crippen molar-refractivity contribution < 1.29 is 28.2 Å². The molecule has 5 rings (SSSR count). The van der Waals surface area contributed by atoms with Gasteiger partial charge in [0, 0.05) is 49.4 Å². The Hall–Kier alpha value is -3.44. The lowest BCUT2D eigenvalue weighted by atomic mass is 10.1. The molecule has 0 spiro atoms. The van der Waals surface area contributed by atoms with E-state index in [2.05, 4.69) is 4.90 Å². The molecule has 2 fully saturated rings. The highest BCUT2D eigenvalue weighted by molar-refractivity contribution is 7.86. The zero-order chi connectivity index (χ0) is 27.8. The molecule has 0 aromatic heterocycles. The number of carbonyl (C=O) groups is 2. The van der Waals surface area contributed by atoms with E-state index in [1.165, 1.54) is 22.5 Å². The number of hydrogen-bond acceptors (Lipinski definition) is 5. The van der Waals surface area contributed by atoms with E-state index < -0.39 is 33.6 Å². The number of anilines is 1. The van der Waals surface area contributed by atoms with Gasteiger partial charge < -0.3 is 15.1 Å². The molecular weight excluding hydrogens is 542 g/mol. The molecule has 0 bridgehead atoms. The van der Waals surface area contributed by atoms with E-state index in [4.69, 9.17) is 11.6 Å². The van der Waals surface area contributed by atoms with Crippen LogP contribution in [0.25, 0.3) is 0 Å². The van der Waals surface area contributed by atoms with Gasteiger partial charge in [0.15, 0.2) is 0 Å². The van der Waals surface area contributed by atoms with Gasteiger partial charge in [-0.25, -0.2) is 4.79 Å². The third-order valence-corrected chi connectivity index (χ3v) is 9.77. The number of aromatic carboxylic acids is 1. The summed E-state index contributed by atoms with van der Waals surface area (Å²) in [5.74, 6) is -2.91. The van der Waals surface area contributed by atoms with Crippen molar-refractivity contribution in [3.05, 3.63) is 101 Å². The van der Waals surface area contributed by atoms with Crippen LogP contribution in [0.4, 0.5) is 5.69 Å². The summed E-state index contributed by atoms with van der Waals surface area (Å²) in [5.41, 5.74) is 0.380. The van der Waals surface area contributed by atoms with Crippen LogP contribution >= 0.6 is 11.6 Å². The van der Waals surface area contributed by atoms with Gasteiger partial charge in [0.05, 0.1) is 5.56 Å². The lowest BCUT2D eigenvalue weighted by Gasteiger charge is -2.39. The topological polar surface area (TPSA) is 118 Å². The predicted molar refractivity (Wildman–Crippen MR) is 147 cm³/mol. The molecule has 204 valence electrons.